The molecule has 0 radical (unpaired) electrons. The molecule has 1 amide bonds. The summed E-state index contributed by atoms with van der Waals surface area (Å²) in [6.07, 6.45) is 3.46. The second-order valence-corrected chi connectivity index (χ2v) is 5.10. The van der Waals surface area contributed by atoms with Crippen LogP contribution in [-0.2, 0) is 11.2 Å². The molecule has 1 aliphatic heterocycles. The van der Waals surface area contributed by atoms with Crippen molar-refractivity contribution in [3.8, 4) is 17.6 Å². The van der Waals surface area contributed by atoms with Gasteiger partial charge < -0.3 is 15.2 Å². The second-order valence-electron chi connectivity index (χ2n) is 5.10. The van der Waals surface area contributed by atoms with Gasteiger partial charge in [-0.05, 0) is 37.0 Å². The van der Waals surface area contributed by atoms with E-state index in [4.69, 9.17) is 4.74 Å². The smallest absolute Gasteiger partial charge is 0.339 e. The van der Waals surface area contributed by atoms with Gasteiger partial charge in [0.1, 0.15) is 11.3 Å². The first-order valence-electron chi connectivity index (χ1n) is 7.34. The Kier molecular flexibility index (Phi) is 5.42. The SMILES string of the molecule is CNC(=O)CCC#Cc1cc2c(c(C(=O)O)c1)OCCCC2. The van der Waals surface area contributed by atoms with Crippen LogP contribution in [-0.4, -0.2) is 30.6 Å². The van der Waals surface area contributed by atoms with Crippen molar-refractivity contribution in [3.63, 3.8) is 0 Å². The van der Waals surface area contributed by atoms with E-state index in [-0.39, 0.29) is 11.5 Å². The number of amides is 1. The first-order valence-corrected chi connectivity index (χ1v) is 7.34. The van der Waals surface area contributed by atoms with Crippen LogP contribution in [0.5, 0.6) is 5.75 Å². The lowest BCUT2D eigenvalue weighted by atomic mass is 10.0. The number of aryl methyl sites for hydroxylation is 1. The number of aromatic carboxylic acids is 1. The molecule has 2 rings (SSSR count). The van der Waals surface area contributed by atoms with Gasteiger partial charge in [0.05, 0.1) is 6.61 Å². The lowest BCUT2D eigenvalue weighted by Gasteiger charge is -2.11. The zero-order valence-electron chi connectivity index (χ0n) is 12.6. The molecule has 5 nitrogen and oxygen atoms in total. The van der Waals surface area contributed by atoms with E-state index >= 15 is 0 Å². The molecule has 0 aliphatic carbocycles. The highest BCUT2D eigenvalue weighted by atomic mass is 16.5. The van der Waals surface area contributed by atoms with Crippen molar-refractivity contribution in [1.29, 1.82) is 0 Å². The number of ether oxygens (including phenoxy) is 1. The molecule has 1 aromatic rings. The van der Waals surface area contributed by atoms with Crippen LogP contribution in [0.1, 0.15) is 47.2 Å². The van der Waals surface area contributed by atoms with E-state index < -0.39 is 5.97 Å². The third kappa shape index (κ3) is 4.01. The molecule has 0 unspecified atom stereocenters. The molecule has 0 bridgehead atoms. The third-order valence-electron chi connectivity index (χ3n) is 3.47. The van der Waals surface area contributed by atoms with Crippen molar-refractivity contribution >= 4 is 11.9 Å². The van der Waals surface area contributed by atoms with E-state index in [2.05, 4.69) is 17.2 Å². The average molecular weight is 301 g/mol. The fraction of sp³-hybridized carbons (Fsp3) is 0.412. The normalized spacial score (nSPS) is 13.0. The van der Waals surface area contributed by atoms with Gasteiger partial charge >= 0.3 is 5.97 Å². The maximum Gasteiger partial charge on any atom is 0.339 e. The van der Waals surface area contributed by atoms with Gasteiger partial charge in [-0.3, -0.25) is 4.79 Å². The molecular formula is C17H19NO4. The third-order valence-corrected chi connectivity index (χ3v) is 3.47. The summed E-state index contributed by atoms with van der Waals surface area (Å²) >= 11 is 0. The zero-order valence-corrected chi connectivity index (χ0v) is 12.6. The molecule has 1 aliphatic rings. The quantitative estimate of drug-likeness (QED) is 0.837. The number of carboxylic acid groups (broad SMARTS) is 1. The predicted molar refractivity (Wildman–Crippen MR) is 82.0 cm³/mol. The van der Waals surface area contributed by atoms with Gasteiger partial charge in [-0.1, -0.05) is 11.8 Å². The Morgan fingerprint density at radius 2 is 2.18 bits per heavy atom. The van der Waals surface area contributed by atoms with E-state index in [0.717, 1.165) is 24.8 Å². The summed E-state index contributed by atoms with van der Waals surface area (Å²) in [5.41, 5.74) is 1.71. The number of rotatable bonds is 3. The highest BCUT2D eigenvalue weighted by Gasteiger charge is 2.19. The van der Waals surface area contributed by atoms with Gasteiger partial charge in [-0.2, -0.15) is 0 Å². The Morgan fingerprint density at radius 3 is 2.91 bits per heavy atom. The molecule has 22 heavy (non-hydrogen) atoms. The average Bonchev–Trinajstić information content (AvgIpc) is 2.75. The standard InChI is InChI=1S/C17H19NO4/c1-18-15(19)8-3-2-6-12-10-13-7-4-5-9-22-16(13)14(11-12)17(20)21/h10-11H,3-5,7-9H2,1H3,(H,18,19)(H,20,21). The molecule has 1 heterocycles. The van der Waals surface area contributed by atoms with E-state index in [1.165, 1.54) is 0 Å². The fourth-order valence-electron chi connectivity index (χ4n) is 2.33. The minimum atomic E-state index is -1.01. The number of benzene rings is 1. The largest absolute Gasteiger partial charge is 0.492 e. The summed E-state index contributed by atoms with van der Waals surface area (Å²) in [6.45, 7) is 0.546. The van der Waals surface area contributed by atoms with E-state index in [1.807, 2.05) is 6.07 Å². The van der Waals surface area contributed by atoms with Crippen LogP contribution < -0.4 is 10.1 Å². The van der Waals surface area contributed by atoms with E-state index in [9.17, 15) is 14.7 Å². The first kappa shape index (κ1) is 15.9. The number of hydrogen-bond acceptors (Lipinski definition) is 3. The van der Waals surface area contributed by atoms with E-state index in [1.54, 1.807) is 13.1 Å². The zero-order chi connectivity index (χ0) is 15.9. The Morgan fingerprint density at radius 1 is 1.36 bits per heavy atom. The van der Waals surface area contributed by atoms with Crippen LogP contribution in [0.4, 0.5) is 0 Å². The van der Waals surface area contributed by atoms with Gasteiger partial charge in [-0.25, -0.2) is 4.79 Å². The number of fused-ring (bicyclic) bond motifs is 1. The Hall–Kier alpha value is -2.48. The van der Waals surface area contributed by atoms with Gasteiger partial charge in [-0.15, -0.1) is 0 Å². The lowest BCUT2D eigenvalue weighted by molar-refractivity contribution is -0.120. The minimum Gasteiger partial charge on any atom is -0.492 e. The maximum atomic E-state index is 11.4. The summed E-state index contributed by atoms with van der Waals surface area (Å²) in [4.78, 5) is 22.5. The fourth-order valence-corrected chi connectivity index (χ4v) is 2.33. The number of nitrogens with one attached hydrogen (secondary N) is 1. The monoisotopic (exact) mass is 301 g/mol. The van der Waals surface area contributed by atoms with Crippen molar-refractivity contribution < 1.29 is 19.4 Å². The molecule has 116 valence electrons. The van der Waals surface area contributed by atoms with Crippen LogP contribution in [0.25, 0.3) is 0 Å². The van der Waals surface area contributed by atoms with Crippen molar-refractivity contribution in [2.75, 3.05) is 13.7 Å². The molecule has 0 spiro atoms. The maximum absolute atomic E-state index is 11.4. The molecule has 0 atom stereocenters. The summed E-state index contributed by atoms with van der Waals surface area (Å²) in [5, 5.41) is 11.9. The molecule has 1 aromatic carbocycles. The number of carbonyl (C=O) groups excluding carboxylic acids is 1. The second kappa shape index (κ2) is 7.51. The summed E-state index contributed by atoms with van der Waals surface area (Å²) < 4.78 is 5.59. The van der Waals surface area contributed by atoms with Crippen LogP contribution in [0.2, 0.25) is 0 Å². The summed E-state index contributed by atoms with van der Waals surface area (Å²) in [5.74, 6) is 5.26. The highest BCUT2D eigenvalue weighted by Crippen LogP contribution is 2.30. The van der Waals surface area contributed by atoms with Crippen molar-refractivity contribution in [1.82, 2.24) is 5.32 Å². The van der Waals surface area contributed by atoms with E-state index in [0.29, 0.717) is 30.8 Å². The summed E-state index contributed by atoms with van der Waals surface area (Å²) in [6, 6.07) is 3.43. The molecule has 0 aromatic heterocycles. The molecule has 0 saturated carbocycles. The lowest BCUT2D eigenvalue weighted by Crippen LogP contribution is -2.16. The van der Waals surface area contributed by atoms with Gasteiger partial charge in [0.25, 0.3) is 0 Å². The van der Waals surface area contributed by atoms with Gasteiger partial charge in [0.15, 0.2) is 0 Å². The van der Waals surface area contributed by atoms with Gasteiger partial charge in [0.2, 0.25) is 5.91 Å². The number of carbonyl (C=O) groups is 2. The molecular weight excluding hydrogens is 282 g/mol. The van der Waals surface area contributed by atoms with Gasteiger partial charge in [0, 0.05) is 25.5 Å². The Balaban J connectivity index is 2.24. The molecule has 0 fully saturated rings. The van der Waals surface area contributed by atoms with Crippen LogP contribution in [0, 0.1) is 11.8 Å². The molecule has 0 saturated heterocycles. The van der Waals surface area contributed by atoms with Crippen molar-refractivity contribution in [2.24, 2.45) is 0 Å². The first-order chi connectivity index (χ1) is 10.6. The highest BCUT2D eigenvalue weighted by molar-refractivity contribution is 5.92. The van der Waals surface area contributed by atoms with Crippen molar-refractivity contribution in [3.05, 3.63) is 28.8 Å². The molecule has 5 heteroatoms. The van der Waals surface area contributed by atoms with Crippen molar-refractivity contribution in [2.45, 2.75) is 32.1 Å². The van der Waals surface area contributed by atoms with Crippen LogP contribution >= 0.6 is 0 Å². The number of hydrogen-bond donors (Lipinski definition) is 2. The minimum absolute atomic E-state index is 0.0594. The number of carboxylic acids is 1. The van der Waals surface area contributed by atoms with Crippen LogP contribution in [0.15, 0.2) is 12.1 Å². The summed E-state index contributed by atoms with van der Waals surface area (Å²) in [7, 11) is 1.58. The topological polar surface area (TPSA) is 75.6 Å². The predicted octanol–water partition coefficient (Wildman–Crippen LogP) is 1.98. The Labute approximate surface area is 129 Å². The Bertz CT molecular complexity index is 640. The van der Waals surface area contributed by atoms with Crippen LogP contribution in [0.3, 0.4) is 0 Å². The molecule has 2 N–H and O–H groups in total.